The molecule has 1 aromatic heterocycles. The van der Waals surface area contributed by atoms with Gasteiger partial charge in [0.2, 0.25) is 0 Å². The maximum absolute atomic E-state index is 6.23. The van der Waals surface area contributed by atoms with Crippen molar-refractivity contribution in [2.45, 2.75) is 19.3 Å². The fraction of sp³-hybridized carbons (Fsp3) is 0.312. The van der Waals surface area contributed by atoms with Crippen LogP contribution in [0.25, 0.3) is 0 Å². The minimum atomic E-state index is 0.135. The van der Waals surface area contributed by atoms with Crippen molar-refractivity contribution in [1.82, 2.24) is 4.98 Å². The number of ether oxygens (including phenoxy) is 1. The van der Waals surface area contributed by atoms with Crippen molar-refractivity contribution < 1.29 is 4.74 Å². The highest BCUT2D eigenvalue weighted by Crippen LogP contribution is 2.35. The van der Waals surface area contributed by atoms with Gasteiger partial charge in [0.05, 0.1) is 16.7 Å². The second-order valence-electron chi connectivity index (χ2n) is 4.71. The Labute approximate surface area is 135 Å². The molecule has 0 fully saturated rings. The van der Waals surface area contributed by atoms with Crippen LogP contribution >= 0.6 is 23.2 Å². The molecule has 3 nitrogen and oxygen atoms in total. The van der Waals surface area contributed by atoms with Gasteiger partial charge in [0.1, 0.15) is 0 Å². The Morgan fingerprint density at radius 1 is 1.24 bits per heavy atom. The summed E-state index contributed by atoms with van der Waals surface area (Å²) in [7, 11) is 0. The van der Waals surface area contributed by atoms with Gasteiger partial charge < -0.3 is 10.5 Å². The van der Waals surface area contributed by atoms with Crippen LogP contribution in [0.1, 0.15) is 24.1 Å². The van der Waals surface area contributed by atoms with Crippen LogP contribution < -0.4 is 10.5 Å². The van der Waals surface area contributed by atoms with E-state index in [4.69, 9.17) is 33.7 Å². The van der Waals surface area contributed by atoms with Gasteiger partial charge >= 0.3 is 0 Å². The topological polar surface area (TPSA) is 48.1 Å². The van der Waals surface area contributed by atoms with E-state index in [1.165, 1.54) is 0 Å². The lowest BCUT2D eigenvalue weighted by Gasteiger charge is -2.16. The van der Waals surface area contributed by atoms with Crippen LogP contribution in [-0.4, -0.2) is 18.1 Å². The van der Waals surface area contributed by atoms with Gasteiger partial charge in [-0.3, -0.25) is 4.98 Å². The minimum absolute atomic E-state index is 0.135. The zero-order chi connectivity index (χ0) is 15.2. The van der Waals surface area contributed by atoms with E-state index in [1.807, 2.05) is 37.3 Å². The Balaban J connectivity index is 2.22. The third-order valence-electron chi connectivity index (χ3n) is 3.22. The third-order valence-corrected chi connectivity index (χ3v) is 3.78. The van der Waals surface area contributed by atoms with Gasteiger partial charge in [-0.15, -0.1) is 0 Å². The van der Waals surface area contributed by atoms with Crippen LogP contribution in [0.4, 0.5) is 0 Å². The largest absolute Gasteiger partial charge is 0.491 e. The quantitative estimate of drug-likeness (QED) is 0.871. The summed E-state index contributed by atoms with van der Waals surface area (Å²) in [5, 5.41) is 1.05. The maximum Gasteiger partial charge on any atom is 0.156 e. The van der Waals surface area contributed by atoms with E-state index in [9.17, 15) is 0 Å². The van der Waals surface area contributed by atoms with Crippen LogP contribution in [-0.2, 0) is 6.42 Å². The first kappa shape index (κ1) is 16.1. The number of hydrogen-bond acceptors (Lipinski definition) is 3. The first-order valence-electron chi connectivity index (χ1n) is 6.87. The van der Waals surface area contributed by atoms with Gasteiger partial charge in [0, 0.05) is 24.4 Å². The fourth-order valence-electron chi connectivity index (χ4n) is 2.22. The molecule has 0 saturated heterocycles. The van der Waals surface area contributed by atoms with Crippen molar-refractivity contribution >= 4 is 23.2 Å². The molecule has 2 N–H and O–H groups in total. The predicted molar refractivity (Wildman–Crippen MR) is 87.4 cm³/mol. The number of nitrogens with two attached hydrogens (primary N) is 1. The summed E-state index contributed by atoms with van der Waals surface area (Å²) in [5.41, 5.74) is 7.87. The molecule has 1 unspecified atom stereocenters. The zero-order valence-electron chi connectivity index (χ0n) is 11.9. The van der Waals surface area contributed by atoms with Crippen molar-refractivity contribution in [3.63, 3.8) is 0 Å². The molecule has 0 aliphatic heterocycles. The number of aromatic nitrogens is 1. The lowest BCUT2D eigenvalue weighted by atomic mass is 9.95. The summed E-state index contributed by atoms with van der Waals surface area (Å²) < 4.78 is 5.44. The average molecular weight is 325 g/mol. The van der Waals surface area contributed by atoms with E-state index in [0.717, 1.165) is 17.7 Å². The first-order chi connectivity index (χ1) is 10.2. The average Bonchev–Trinajstić information content (AvgIpc) is 2.49. The highest BCUT2D eigenvalue weighted by atomic mass is 35.5. The summed E-state index contributed by atoms with van der Waals surface area (Å²) in [6, 6.07) is 9.59. The molecule has 21 heavy (non-hydrogen) atoms. The summed E-state index contributed by atoms with van der Waals surface area (Å²) in [4.78, 5) is 4.37. The molecule has 0 spiro atoms. The van der Waals surface area contributed by atoms with Gasteiger partial charge in [0.15, 0.2) is 5.75 Å². The van der Waals surface area contributed by atoms with Gasteiger partial charge in [-0.25, -0.2) is 0 Å². The molecule has 1 heterocycles. The van der Waals surface area contributed by atoms with E-state index in [-0.39, 0.29) is 5.92 Å². The molecule has 0 aliphatic carbocycles. The predicted octanol–water partition coefficient (Wildman–Crippen LogP) is 4.07. The molecule has 5 heteroatoms. The Kier molecular flexibility index (Phi) is 5.85. The molecule has 0 radical (unpaired) electrons. The molecule has 0 aliphatic rings. The highest BCUT2D eigenvalue weighted by Gasteiger charge is 2.15. The molecule has 2 aromatic rings. The van der Waals surface area contributed by atoms with Crippen molar-refractivity contribution in [2.24, 2.45) is 5.73 Å². The van der Waals surface area contributed by atoms with E-state index in [2.05, 4.69) is 4.98 Å². The van der Waals surface area contributed by atoms with Crippen LogP contribution in [0.2, 0.25) is 10.0 Å². The highest BCUT2D eigenvalue weighted by molar-refractivity contribution is 6.37. The zero-order valence-corrected chi connectivity index (χ0v) is 13.4. The van der Waals surface area contributed by atoms with E-state index in [0.29, 0.717) is 28.9 Å². The number of benzene rings is 1. The molecule has 112 valence electrons. The minimum Gasteiger partial charge on any atom is -0.491 e. The van der Waals surface area contributed by atoms with Gasteiger partial charge in [-0.1, -0.05) is 29.3 Å². The molecule has 1 atom stereocenters. The Morgan fingerprint density at radius 2 is 1.95 bits per heavy atom. The molecule has 1 aromatic carbocycles. The summed E-state index contributed by atoms with van der Waals surface area (Å²) in [6.07, 6.45) is 2.51. The smallest absolute Gasteiger partial charge is 0.156 e. The lowest BCUT2D eigenvalue weighted by molar-refractivity contribution is 0.340. The number of hydrogen-bond donors (Lipinski definition) is 1. The van der Waals surface area contributed by atoms with Crippen LogP contribution in [0.15, 0.2) is 36.5 Å². The standard InChI is InChI=1S/C16H18Cl2N2O/c1-2-21-16-13(17)8-11(9-14(16)18)7-12(10-19)15-5-3-4-6-20-15/h3-6,8-9,12H,2,7,10,19H2,1H3. The first-order valence-corrected chi connectivity index (χ1v) is 7.63. The second kappa shape index (κ2) is 7.64. The summed E-state index contributed by atoms with van der Waals surface area (Å²) in [6.45, 7) is 2.93. The Bertz CT molecular complexity index is 567. The Hall–Kier alpha value is -1.29. The van der Waals surface area contributed by atoms with Crippen molar-refractivity contribution in [3.05, 3.63) is 57.8 Å². The van der Waals surface area contributed by atoms with Gasteiger partial charge in [-0.05, 0) is 43.2 Å². The van der Waals surface area contributed by atoms with Crippen molar-refractivity contribution in [1.29, 1.82) is 0 Å². The SMILES string of the molecule is CCOc1c(Cl)cc(CC(CN)c2ccccn2)cc1Cl. The molecular formula is C16H18Cl2N2O. The van der Waals surface area contributed by atoms with E-state index < -0.39 is 0 Å². The van der Waals surface area contributed by atoms with Crippen molar-refractivity contribution in [2.75, 3.05) is 13.2 Å². The van der Waals surface area contributed by atoms with Crippen LogP contribution in [0.3, 0.4) is 0 Å². The molecule has 2 rings (SSSR count). The van der Waals surface area contributed by atoms with Crippen molar-refractivity contribution in [3.8, 4) is 5.75 Å². The molecule has 0 amide bonds. The normalized spacial score (nSPS) is 12.2. The number of halogens is 2. The number of nitrogens with zero attached hydrogens (tertiary/aromatic N) is 1. The molecular weight excluding hydrogens is 307 g/mol. The molecule has 0 saturated carbocycles. The molecule has 0 bridgehead atoms. The lowest BCUT2D eigenvalue weighted by Crippen LogP contribution is -2.16. The van der Waals surface area contributed by atoms with E-state index >= 15 is 0 Å². The summed E-state index contributed by atoms with van der Waals surface area (Å²) in [5.74, 6) is 0.669. The number of rotatable bonds is 6. The Morgan fingerprint density at radius 3 is 2.48 bits per heavy atom. The number of pyridine rings is 1. The van der Waals surface area contributed by atoms with E-state index in [1.54, 1.807) is 6.20 Å². The van der Waals surface area contributed by atoms with Gasteiger partial charge in [0.25, 0.3) is 0 Å². The van der Waals surface area contributed by atoms with Crippen LogP contribution in [0, 0.1) is 0 Å². The fourth-order valence-corrected chi connectivity index (χ4v) is 2.86. The van der Waals surface area contributed by atoms with Crippen LogP contribution in [0.5, 0.6) is 5.75 Å². The third kappa shape index (κ3) is 4.10. The second-order valence-corrected chi connectivity index (χ2v) is 5.53. The maximum atomic E-state index is 6.23. The summed E-state index contributed by atoms with van der Waals surface area (Å²) >= 11 is 12.5. The monoisotopic (exact) mass is 324 g/mol. The van der Waals surface area contributed by atoms with Gasteiger partial charge in [-0.2, -0.15) is 0 Å².